The van der Waals surface area contributed by atoms with Gasteiger partial charge in [0.1, 0.15) is 0 Å². The van der Waals surface area contributed by atoms with Crippen LogP contribution in [0.25, 0.3) is 0 Å². The van der Waals surface area contributed by atoms with Crippen LogP contribution in [0.4, 0.5) is 0 Å². The second kappa shape index (κ2) is 4.84. The molecule has 1 saturated heterocycles. The fourth-order valence-corrected chi connectivity index (χ4v) is 3.27. The Labute approximate surface area is 93.0 Å². The SMILES string of the molecule is CCC(O)C1CCOC2(CCCCC2)C1. The zero-order valence-corrected chi connectivity index (χ0v) is 9.87. The normalized spacial score (nSPS) is 32.8. The summed E-state index contributed by atoms with van der Waals surface area (Å²) in [4.78, 5) is 0. The molecule has 0 aromatic rings. The van der Waals surface area contributed by atoms with Gasteiger partial charge in [0.2, 0.25) is 0 Å². The van der Waals surface area contributed by atoms with Gasteiger partial charge in [0, 0.05) is 6.61 Å². The summed E-state index contributed by atoms with van der Waals surface area (Å²) in [6.07, 6.45) is 9.38. The first kappa shape index (κ1) is 11.4. The molecule has 2 unspecified atom stereocenters. The highest BCUT2D eigenvalue weighted by Crippen LogP contribution is 2.41. The van der Waals surface area contributed by atoms with Crippen LogP contribution in [-0.4, -0.2) is 23.4 Å². The quantitative estimate of drug-likeness (QED) is 0.762. The van der Waals surface area contributed by atoms with Crippen LogP contribution in [0.2, 0.25) is 0 Å². The molecule has 0 bridgehead atoms. The number of hydrogen-bond donors (Lipinski definition) is 1. The van der Waals surface area contributed by atoms with E-state index in [4.69, 9.17) is 4.74 Å². The Kier molecular flexibility index (Phi) is 3.68. The number of aliphatic hydroxyl groups excluding tert-OH is 1. The van der Waals surface area contributed by atoms with E-state index < -0.39 is 0 Å². The highest BCUT2D eigenvalue weighted by molar-refractivity contribution is 4.91. The first-order valence-electron chi connectivity index (χ1n) is 6.58. The van der Waals surface area contributed by atoms with Gasteiger partial charge in [-0.1, -0.05) is 26.2 Å². The van der Waals surface area contributed by atoms with E-state index in [0.29, 0.717) is 5.92 Å². The van der Waals surface area contributed by atoms with Crippen LogP contribution in [0, 0.1) is 5.92 Å². The van der Waals surface area contributed by atoms with E-state index in [9.17, 15) is 5.11 Å². The lowest BCUT2D eigenvalue weighted by Gasteiger charge is -2.44. The fraction of sp³-hybridized carbons (Fsp3) is 1.00. The molecule has 1 aliphatic heterocycles. The van der Waals surface area contributed by atoms with Gasteiger partial charge >= 0.3 is 0 Å². The smallest absolute Gasteiger partial charge is 0.0686 e. The lowest BCUT2D eigenvalue weighted by Crippen LogP contribution is -2.44. The third-order valence-corrected chi connectivity index (χ3v) is 4.26. The van der Waals surface area contributed by atoms with Crippen molar-refractivity contribution >= 4 is 0 Å². The lowest BCUT2D eigenvalue weighted by molar-refractivity contribution is -0.133. The molecule has 0 aromatic carbocycles. The fourth-order valence-electron chi connectivity index (χ4n) is 3.27. The third kappa shape index (κ3) is 2.54. The summed E-state index contributed by atoms with van der Waals surface area (Å²) in [6.45, 7) is 2.94. The molecule has 88 valence electrons. The van der Waals surface area contributed by atoms with Gasteiger partial charge in [0.25, 0.3) is 0 Å². The lowest BCUT2D eigenvalue weighted by atomic mass is 9.74. The van der Waals surface area contributed by atoms with Gasteiger partial charge in [-0.05, 0) is 38.0 Å². The van der Waals surface area contributed by atoms with Gasteiger partial charge in [-0.15, -0.1) is 0 Å². The molecule has 1 spiro atoms. The minimum absolute atomic E-state index is 0.104. The van der Waals surface area contributed by atoms with E-state index in [1.165, 1.54) is 32.1 Å². The van der Waals surface area contributed by atoms with Crippen molar-refractivity contribution in [1.29, 1.82) is 0 Å². The molecular formula is C13H24O2. The first-order valence-corrected chi connectivity index (χ1v) is 6.58. The van der Waals surface area contributed by atoms with Gasteiger partial charge < -0.3 is 9.84 Å². The molecule has 2 atom stereocenters. The summed E-state index contributed by atoms with van der Waals surface area (Å²) < 4.78 is 6.02. The Balaban J connectivity index is 1.96. The van der Waals surface area contributed by atoms with Crippen molar-refractivity contribution in [3.05, 3.63) is 0 Å². The topological polar surface area (TPSA) is 29.5 Å². The molecule has 2 nitrogen and oxygen atoms in total. The van der Waals surface area contributed by atoms with Gasteiger partial charge in [-0.2, -0.15) is 0 Å². The van der Waals surface area contributed by atoms with E-state index in [1.807, 2.05) is 0 Å². The largest absolute Gasteiger partial charge is 0.393 e. The third-order valence-electron chi connectivity index (χ3n) is 4.26. The van der Waals surface area contributed by atoms with Crippen LogP contribution in [0.15, 0.2) is 0 Å². The number of ether oxygens (including phenoxy) is 1. The van der Waals surface area contributed by atoms with Gasteiger partial charge in [-0.3, -0.25) is 0 Å². The molecule has 2 aliphatic rings. The number of rotatable bonds is 2. The van der Waals surface area contributed by atoms with Crippen molar-refractivity contribution < 1.29 is 9.84 Å². The Morgan fingerprint density at radius 3 is 2.73 bits per heavy atom. The van der Waals surface area contributed by atoms with E-state index in [2.05, 4.69) is 6.92 Å². The molecule has 1 saturated carbocycles. The van der Waals surface area contributed by atoms with Crippen LogP contribution in [0.5, 0.6) is 0 Å². The zero-order chi connectivity index (χ0) is 10.7. The van der Waals surface area contributed by atoms with Crippen LogP contribution in [-0.2, 0) is 4.74 Å². The minimum Gasteiger partial charge on any atom is -0.393 e. The Hall–Kier alpha value is -0.0800. The summed E-state index contributed by atoms with van der Waals surface area (Å²) in [6, 6.07) is 0. The van der Waals surface area contributed by atoms with E-state index in [-0.39, 0.29) is 11.7 Å². The Bertz CT molecular complexity index is 191. The molecule has 1 heterocycles. The predicted molar refractivity (Wildman–Crippen MR) is 60.8 cm³/mol. The molecule has 1 aliphatic carbocycles. The number of hydrogen-bond acceptors (Lipinski definition) is 2. The van der Waals surface area contributed by atoms with Crippen molar-refractivity contribution in [1.82, 2.24) is 0 Å². The average molecular weight is 212 g/mol. The zero-order valence-electron chi connectivity index (χ0n) is 9.87. The highest BCUT2D eigenvalue weighted by atomic mass is 16.5. The van der Waals surface area contributed by atoms with E-state index in [1.54, 1.807) is 0 Å². The van der Waals surface area contributed by atoms with E-state index in [0.717, 1.165) is 25.9 Å². The minimum atomic E-state index is -0.104. The molecule has 1 N–H and O–H groups in total. The predicted octanol–water partition coefficient (Wildman–Crippen LogP) is 2.89. The van der Waals surface area contributed by atoms with E-state index >= 15 is 0 Å². The average Bonchev–Trinajstić information content (AvgIpc) is 2.29. The van der Waals surface area contributed by atoms with Crippen molar-refractivity contribution in [2.24, 2.45) is 5.92 Å². The standard InChI is InChI=1S/C13H24O2/c1-2-12(14)11-6-9-15-13(10-11)7-4-3-5-8-13/h11-12,14H,2-10H2,1H3. The van der Waals surface area contributed by atoms with Crippen LogP contribution >= 0.6 is 0 Å². The summed E-state index contributed by atoms with van der Waals surface area (Å²) in [7, 11) is 0. The van der Waals surface area contributed by atoms with Crippen LogP contribution in [0.1, 0.15) is 58.3 Å². The van der Waals surface area contributed by atoms with Crippen LogP contribution < -0.4 is 0 Å². The number of aliphatic hydroxyl groups is 1. The molecule has 0 aromatic heterocycles. The Morgan fingerprint density at radius 1 is 1.33 bits per heavy atom. The molecule has 2 heteroatoms. The summed E-state index contributed by atoms with van der Waals surface area (Å²) in [5.41, 5.74) is 0.150. The van der Waals surface area contributed by atoms with Crippen LogP contribution in [0.3, 0.4) is 0 Å². The molecule has 0 radical (unpaired) electrons. The first-order chi connectivity index (χ1) is 7.26. The van der Waals surface area contributed by atoms with Crippen molar-refractivity contribution in [2.75, 3.05) is 6.61 Å². The summed E-state index contributed by atoms with van der Waals surface area (Å²) in [5.74, 6) is 0.488. The Morgan fingerprint density at radius 2 is 2.07 bits per heavy atom. The van der Waals surface area contributed by atoms with Gasteiger partial charge in [0.05, 0.1) is 11.7 Å². The van der Waals surface area contributed by atoms with Gasteiger partial charge in [-0.25, -0.2) is 0 Å². The second-order valence-corrected chi connectivity index (χ2v) is 5.32. The summed E-state index contributed by atoms with van der Waals surface area (Å²) >= 11 is 0. The summed E-state index contributed by atoms with van der Waals surface area (Å²) in [5, 5.41) is 9.94. The maximum Gasteiger partial charge on any atom is 0.0686 e. The molecule has 0 amide bonds. The maximum atomic E-state index is 9.94. The van der Waals surface area contributed by atoms with Crippen molar-refractivity contribution in [3.8, 4) is 0 Å². The molecule has 2 fully saturated rings. The van der Waals surface area contributed by atoms with Gasteiger partial charge in [0.15, 0.2) is 0 Å². The maximum absolute atomic E-state index is 9.94. The molecule has 2 rings (SSSR count). The highest BCUT2D eigenvalue weighted by Gasteiger charge is 2.39. The molecular weight excluding hydrogens is 188 g/mol. The molecule has 15 heavy (non-hydrogen) atoms. The second-order valence-electron chi connectivity index (χ2n) is 5.32. The monoisotopic (exact) mass is 212 g/mol. The van der Waals surface area contributed by atoms with Crippen molar-refractivity contribution in [2.45, 2.75) is 70.0 Å². The van der Waals surface area contributed by atoms with Crippen molar-refractivity contribution in [3.63, 3.8) is 0 Å².